The van der Waals surface area contributed by atoms with Crippen molar-refractivity contribution in [2.75, 3.05) is 6.54 Å². The van der Waals surface area contributed by atoms with Crippen LogP contribution in [0, 0.1) is 6.92 Å². The van der Waals surface area contributed by atoms with Crippen molar-refractivity contribution in [1.82, 2.24) is 10.2 Å². The maximum atomic E-state index is 12.2. The summed E-state index contributed by atoms with van der Waals surface area (Å²) in [5, 5.41) is 11.2. The molecule has 0 unspecified atom stereocenters. The largest absolute Gasteiger partial charge is 0.487 e. The third-order valence-electron chi connectivity index (χ3n) is 4.05. The van der Waals surface area contributed by atoms with Crippen molar-refractivity contribution in [1.29, 1.82) is 0 Å². The smallest absolute Gasteiger partial charge is 0.329 e. The third-order valence-corrected chi connectivity index (χ3v) is 5.23. The number of hydrogen-bond donors (Lipinski definition) is 2. The molecule has 1 fully saturated rings. The monoisotopic (exact) mass is 522 g/mol. The highest BCUT2D eigenvalue weighted by Gasteiger charge is 2.34. The van der Waals surface area contributed by atoms with Gasteiger partial charge in [-0.05, 0) is 68.1 Å². The molecule has 0 spiro atoms. The van der Waals surface area contributed by atoms with Crippen molar-refractivity contribution in [3.8, 4) is 5.75 Å². The zero-order chi connectivity index (χ0) is 21.1. The molecule has 0 bridgehead atoms. The first kappa shape index (κ1) is 21.1. The lowest BCUT2D eigenvalue weighted by Gasteiger charge is -2.12. The van der Waals surface area contributed by atoms with Gasteiger partial charge in [-0.25, -0.2) is 9.69 Å². The highest BCUT2D eigenvalue weighted by atomic mass is 79.9. The number of carboxylic acid groups (broad SMARTS) is 1. The number of benzene rings is 2. The normalized spacial score (nSPS) is 15.0. The van der Waals surface area contributed by atoms with E-state index in [1.165, 1.54) is 6.08 Å². The van der Waals surface area contributed by atoms with Gasteiger partial charge >= 0.3 is 12.0 Å². The molecule has 2 aromatic carbocycles. The Labute approximate surface area is 183 Å². The lowest BCUT2D eigenvalue weighted by Crippen LogP contribution is -2.35. The number of imide groups is 1. The summed E-state index contributed by atoms with van der Waals surface area (Å²) in [5.41, 5.74) is 2.80. The van der Waals surface area contributed by atoms with Crippen LogP contribution >= 0.6 is 31.9 Å². The topological polar surface area (TPSA) is 95.9 Å². The van der Waals surface area contributed by atoms with Crippen molar-refractivity contribution in [2.45, 2.75) is 13.5 Å². The average Bonchev–Trinajstić information content (AvgIpc) is 2.88. The molecule has 0 atom stereocenters. The molecule has 1 aliphatic rings. The van der Waals surface area contributed by atoms with Crippen LogP contribution in [-0.2, 0) is 16.2 Å². The second-order valence-corrected chi connectivity index (χ2v) is 8.07. The van der Waals surface area contributed by atoms with Gasteiger partial charge in [0.05, 0.1) is 8.95 Å². The van der Waals surface area contributed by atoms with Crippen LogP contribution < -0.4 is 10.1 Å². The van der Waals surface area contributed by atoms with Crippen LogP contribution in [-0.4, -0.2) is 34.5 Å². The Hall–Kier alpha value is -2.65. The van der Waals surface area contributed by atoms with Crippen LogP contribution in [0.2, 0.25) is 0 Å². The van der Waals surface area contributed by atoms with E-state index in [1.54, 1.807) is 12.1 Å². The first-order chi connectivity index (χ1) is 13.7. The van der Waals surface area contributed by atoms with Gasteiger partial charge in [0.15, 0.2) is 0 Å². The SMILES string of the molecule is Cc1cccc(COc2c(Br)cc(/C=C3/NC(=O)N(CC(=O)O)C3=O)cc2Br)c1. The van der Waals surface area contributed by atoms with Crippen molar-refractivity contribution in [2.24, 2.45) is 0 Å². The maximum absolute atomic E-state index is 12.2. The van der Waals surface area contributed by atoms with Gasteiger partial charge in [0.25, 0.3) is 5.91 Å². The Morgan fingerprint density at radius 2 is 1.90 bits per heavy atom. The number of aryl methyl sites for hydroxylation is 1. The lowest BCUT2D eigenvalue weighted by molar-refractivity contribution is -0.140. The molecule has 2 aromatic rings. The van der Waals surface area contributed by atoms with Gasteiger partial charge in [0.1, 0.15) is 24.6 Å². The summed E-state index contributed by atoms with van der Waals surface area (Å²) in [6.45, 7) is 1.71. The van der Waals surface area contributed by atoms with E-state index in [9.17, 15) is 14.4 Å². The molecular formula is C20H16Br2N2O5. The number of amides is 3. The summed E-state index contributed by atoms with van der Waals surface area (Å²) in [6.07, 6.45) is 1.47. The summed E-state index contributed by atoms with van der Waals surface area (Å²) >= 11 is 6.92. The van der Waals surface area contributed by atoms with E-state index in [0.717, 1.165) is 11.1 Å². The van der Waals surface area contributed by atoms with Crippen LogP contribution in [0.5, 0.6) is 5.75 Å². The number of nitrogens with one attached hydrogen (secondary N) is 1. The van der Waals surface area contributed by atoms with Crippen LogP contribution in [0.4, 0.5) is 4.79 Å². The van der Waals surface area contributed by atoms with Gasteiger partial charge < -0.3 is 15.2 Å². The van der Waals surface area contributed by atoms with Gasteiger partial charge in [-0.15, -0.1) is 0 Å². The summed E-state index contributed by atoms with van der Waals surface area (Å²) in [4.78, 5) is 35.5. The molecule has 1 heterocycles. The van der Waals surface area contributed by atoms with Gasteiger partial charge in [0.2, 0.25) is 0 Å². The molecular weight excluding hydrogens is 508 g/mol. The first-order valence-corrected chi connectivity index (χ1v) is 10.1. The Bertz CT molecular complexity index is 1010. The number of hydrogen-bond acceptors (Lipinski definition) is 4. The van der Waals surface area contributed by atoms with Crippen LogP contribution in [0.3, 0.4) is 0 Å². The molecule has 9 heteroatoms. The molecule has 3 rings (SSSR count). The standard InChI is InChI=1S/C20H16Br2N2O5/c1-11-3-2-4-12(5-11)10-29-18-14(21)6-13(7-15(18)22)8-16-19(27)24(9-17(25)26)20(28)23-16/h2-8H,9-10H2,1H3,(H,23,28)(H,25,26)/b16-8+. The van der Waals surface area contributed by atoms with E-state index in [1.807, 2.05) is 31.2 Å². The van der Waals surface area contributed by atoms with Gasteiger partial charge in [-0.1, -0.05) is 29.8 Å². The van der Waals surface area contributed by atoms with E-state index >= 15 is 0 Å². The predicted octanol–water partition coefficient (Wildman–Crippen LogP) is 4.08. The highest BCUT2D eigenvalue weighted by molar-refractivity contribution is 9.11. The van der Waals surface area contributed by atoms with Gasteiger partial charge in [-0.2, -0.15) is 0 Å². The van der Waals surface area contributed by atoms with E-state index < -0.39 is 24.5 Å². The summed E-state index contributed by atoms with van der Waals surface area (Å²) < 4.78 is 7.22. The first-order valence-electron chi connectivity index (χ1n) is 8.48. The minimum absolute atomic E-state index is 0.00322. The number of carbonyl (C=O) groups excluding carboxylic acids is 2. The summed E-state index contributed by atoms with van der Waals surface area (Å²) in [5.74, 6) is -1.36. The molecule has 0 aliphatic carbocycles. The Morgan fingerprint density at radius 3 is 2.52 bits per heavy atom. The third kappa shape index (κ3) is 5.04. The molecule has 0 aromatic heterocycles. The molecule has 2 N–H and O–H groups in total. The number of ether oxygens (including phenoxy) is 1. The fraction of sp³-hybridized carbons (Fsp3) is 0.150. The lowest BCUT2D eigenvalue weighted by atomic mass is 10.1. The van der Waals surface area contributed by atoms with E-state index in [0.29, 0.717) is 31.8 Å². The van der Waals surface area contributed by atoms with Gasteiger partial charge in [0, 0.05) is 0 Å². The van der Waals surface area contributed by atoms with E-state index in [2.05, 4.69) is 37.2 Å². The number of urea groups is 1. The quantitative estimate of drug-likeness (QED) is 0.439. The minimum atomic E-state index is -1.27. The van der Waals surface area contributed by atoms with E-state index in [4.69, 9.17) is 9.84 Å². The maximum Gasteiger partial charge on any atom is 0.329 e. The minimum Gasteiger partial charge on any atom is -0.487 e. The number of carbonyl (C=O) groups is 3. The highest BCUT2D eigenvalue weighted by Crippen LogP contribution is 2.36. The summed E-state index contributed by atoms with van der Waals surface area (Å²) in [6, 6.07) is 10.7. The van der Waals surface area contributed by atoms with Crippen molar-refractivity contribution >= 4 is 55.8 Å². The zero-order valence-corrected chi connectivity index (χ0v) is 18.4. The van der Waals surface area contributed by atoms with Crippen molar-refractivity contribution in [3.05, 3.63) is 67.7 Å². The molecule has 29 heavy (non-hydrogen) atoms. The molecule has 0 saturated carbocycles. The Kier molecular flexibility index (Phi) is 6.39. The zero-order valence-electron chi connectivity index (χ0n) is 15.2. The average molecular weight is 524 g/mol. The molecule has 3 amide bonds. The van der Waals surface area contributed by atoms with Crippen molar-refractivity contribution in [3.63, 3.8) is 0 Å². The van der Waals surface area contributed by atoms with E-state index in [-0.39, 0.29) is 5.70 Å². The number of halogens is 2. The number of rotatable bonds is 6. The van der Waals surface area contributed by atoms with Crippen LogP contribution in [0.1, 0.15) is 16.7 Å². The predicted molar refractivity (Wildman–Crippen MR) is 113 cm³/mol. The van der Waals surface area contributed by atoms with Crippen molar-refractivity contribution < 1.29 is 24.2 Å². The number of aliphatic carboxylic acids is 1. The second-order valence-electron chi connectivity index (χ2n) is 6.36. The Balaban J connectivity index is 1.78. The van der Waals surface area contributed by atoms with Crippen LogP contribution in [0.25, 0.3) is 6.08 Å². The fourth-order valence-corrected chi connectivity index (χ4v) is 4.23. The fourth-order valence-electron chi connectivity index (χ4n) is 2.78. The molecule has 1 saturated heterocycles. The molecule has 150 valence electrons. The molecule has 0 radical (unpaired) electrons. The number of carboxylic acids is 1. The summed E-state index contributed by atoms with van der Waals surface area (Å²) in [7, 11) is 0. The number of nitrogens with zero attached hydrogens (tertiary/aromatic N) is 1. The van der Waals surface area contributed by atoms with Gasteiger partial charge in [-0.3, -0.25) is 9.59 Å². The second kappa shape index (κ2) is 8.79. The molecule has 1 aliphatic heterocycles. The Morgan fingerprint density at radius 1 is 1.21 bits per heavy atom. The van der Waals surface area contributed by atoms with Crippen LogP contribution in [0.15, 0.2) is 51.0 Å². The molecule has 7 nitrogen and oxygen atoms in total.